The third kappa shape index (κ3) is 5.04. The van der Waals surface area contributed by atoms with E-state index >= 15 is 0 Å². The van der Waals surface area contributed by atoms with Gasteiger partial charge in [0, 0.05) is 37.8 Å². The van der Waals surface area contributed by atoms with Gasteiger partial charge in [0.1, 0.15) is 5.82 Å². The number of carbonyl (C=O) groups is 1. The molecule has 34 heavy (non-hydrogen) atoms. The zero-order chi connectivity index (χ0) is 24.5. The molecular formula is C21H26N6O5S2. The lowest BCUT2D eigenvalue weighted by Gasteiger charge is -2.34. The fraction of sp³-hybridized carbons (Fsp3) is 0.429. The SMILES string of the molecule is CS(=O)(=O)N(c1nccc(N2CCC(C(=O)N3N=CC[C@H]3c3ccccc3)CC2)n1)S(C)(=O)=O. The highest BCUT2D eigenvalue weighted by atomic mass is 32.3. The summed E-state index contributed by atoms with van der Waals surface area (Å²) in [6.45, 7) is 0.996. The molecule has 13 heteroatoms. The molecular weight excluding hydrogens is 480 g/mol. The maximum Gasteiger partial charge on any atom is 0.255 e. The second-order valence-corrected chi connectivity index (χ2v) is 12.2. The van der Waals surface area contributed by atoms with E-state index in [9.17, 15) is 21.6 Å². The first-order valence-electron chi connectivity index (χ1n) is 10.7. The van der Waals surface area contributed by atoms with Crippen LogP contribution in [0.25, 0.3) is 0 Å². The Kier molecular flexibility index (Phi) is 6.58. The molecule has 1 aromatic heterocycles. The molecule has 0 unspecified atom stereocenters. The van der Waals surface area contributed by atoms with Crippen molar-refractivity contribution in [2.45, 2.75) is 25.3 Å². The van der Waals surface area contributed by atoms with Crippen molar-refractivity contribution in [3.8, 4) is 0 Å². The zero-order valence-electron chi connectivity index (χ0n) is 18.9. The highest BCUT2D eigenvalue weighted by Gasteiger charge is 2.35. The zero-order valence-corrected chi connectivity index (χ0v) is 20.5. The number of nitrogens with zero attached hydrogens (tertiary/aromatic N) is 6. The molecule has 2 aliphatic heterocycles. The largest absolute Gasteiger partial charge is 0.356 e. The molecule has 1 atom stereocenters. The predicted molar refractivity (Wildman–Crippen MR) is 128 cm³/mol. The van der Waals surface area contributed by atoms with Crippen LogP contribution in [0.5, 0.6) is 0 Å². The summed E-state index contributed by atoms with van der Waals surface area (Å²) in [5.74, 6) is -0.263. The first kappa shape index (κ1) is 24.1. The molecule has 0 spiro atoms. The van der Waals surface area contributed by atoms with Crippen molar-refractivity contribution >= 4 is 43.9 Å². The highest BCUT2D eigenvalue weighted by molar-refractivity contribution is 8.09. The summed E-state index contributed by atoms with van der Waals surface area (Å²) in [4.78, 5) is 23.2. The normalized spacial score (nSPS) is 19.4. The molecule has 2 aromatic rings. The quantitative estimate of drug-likeness (QED) is 0.574. The van der Waals surface area contributed by atoms with Gasteiger partial charge in [0.05, 0.1) is 18.6 Å². The number of hydrogen-bond donors (Lipinski definition) is 0. The van der Waals surface area contributed by atoms with Gasteiger partial charge in [-0.05, 0) is 24.5 Å². The number of amides is 1. The van der Waals surface area contributed by atoms with E-state index in [0.717, 1.165) is 18.1 Å². The second-order valence-electron chi connectivity index (χ2n) is 8.34. The minimum absolute atomic E-state index is 0.0223. The van der Waals surface area contributed by atoms with Gasteiger partial charge < -0.3 is 4.90 Å². The molecule has 182 valence electrons. The molecule has 0 bridgehead atoms. The van der Waals surface area contributed by atoms with E-state index in [1.165, 1.54) is 6.20 Å². The van der Waals surface area contributed by atoms with E-state index in [0.29, 0.717) is 38.2 Å². The van der Waals surface area contributed by atoms with Crippen LogP contribution < -0.4 is 8.61 Å². The molecule has 0 saturated carbocycles. The van der Waals surface area contributed by atoms with Gasteiger partial charge in [-0.2, -0.15) is 10.1 Å². The molecule has 1 amide bonds. The molecule has 1 fully saturated rings. The van der Waals surface area contributed by atoms with Gasteiger partial charge in [0.25, 0.3) is 5.95 Å². The van der Waals surface area contributed by atoms with Crippen LogP contribution in [-0.4, -0.2) is 69.5 Å². The Morgan fingerprint density at radius 1 is 1.00 bits per heavy atom. The van der Waals surface area contributed by atoms with E-state index in [1.807, 2.05) is 35.2 Å². The van der Waals surface area contributed by atoms with Crippen LogP contribution in [0.2, 0.25) is 0 Å². The molecule has 11 nitrogen and oxygen atoms in total. The van der Waals surface area contributed by atoms with Gasteiger partial charge in [0.2, 0.25) is 26.0 Å². The third-order valence-electron chi connectivity index (χ3n) is 5.80. The number of hydrogen-bond acceptors (Lipinski definition) is 9. The van der Waals surface area contributed by atoms with Crippen LogP contribution in [0.4, 0.5) is 11.8 Å². The summed E-state index contributed by atoms with van der Waals surface area (Å²) in [6.07, 6.45) is 6.45. The maximum atomic E-state index is 13.2. The fourth-order valence-electron chi connectivity index (χ4n) is 4.27. The first-order valence-corrected chi connectivity index (χ1v) is 14.4. The van der Waals surface area contributed by atoms with Crippen molar-refractivity contribution in [3.63, 3.8) is 0 Å². The third-order valence-corrected chi connectivity index (χ3v) is 8.96. The van der Waals surface area contributed by atoms with E-state index in [4.69, 9.17) is 0 Å². The number of aromatic nitrogens is 2. The molecule has 1 saturated heterocycles. The number of anilines is 2. The molecule has 1 aromatic carbocycles. The summed E-state index contributed by atoms with van der Waals surface area (Å²) in [6, 6.07) is 11.3. The molecule has 3 heterocycles. The minimum atomic E-state index is -4.14. The van der Waals surface area contributed by atoms with Crippen molar-refractivity contribution < 1.29 is 21.6 Å². The van der Waals surface area contributed by atoms with Gasteiger partial charge >= 0.3 is 0 Å². The van der Waals surface area contributed by atoms with Crippen LogP contribution in [0.1, 0.15) is 30.9 Å². The van der Waals surface area contributed by atoms with Crippen molar-refractivity contribution in [1.82, 2.24) is 15.0 Å². The number of benzene rings is 1. The Morgan fingerprint density at radius 3 is 2.26 bits per heavy atom. The molecule has 0 aliphatic carbocycles. The second kappa shape index (κ2) is 9.29. The van der Waals surface area contributed by atoms with E-state index in [-0.39, 0.29) is 21.6 Å². The van der Waals surface area contributed by atoms with Gasteiger partial charge in [-0.15, -0.1) is 3.71 Å². The topological polar surface area (TPSA) is 133 Å². The van der Waals surface area contributed by atoms with Crippen LogP contribution in [0.15, 0.2) is 47.7 Å². The summed E-state index contributed by atoms with van der Waals surface area (Å²) in [5.41, 5.74) is 1.04. The lowest BCUT2D eigenvalue weighted by molar-refractivity contribution is -0.138. The lowest BCUT2D eigenvalue weighted by atomic mass is 9.94. The Hall–Kier alpha value is -3.06. The van der Waals surface area contributed by atoms with Gasteiger partial charge in [-0.25, -0.2) is 26.8 Å². The van der Waals surface area contributed by atoms with Crippen molar-refractivity contribution in [1.29, 1.82) is 0 Å². The minimum Gasteiger partial charge on any atom is -0.356 e. The smallest absolute Gasteiger partial charge is 0.255 e. The standard InChI is InChI=1S/C21H26N6O5S2/c1-33(29,30)27(34(2,31)32)21-22-12-9-19(24-21)25-14-10-17(11-15-25)20(28)26-18(8-13-23-26)16-6-4-3-5-7-16/h3-7,9,12-13,17-18H,8,10-11,14-15H2,1-2H3/t18-/m0/s1. The molecule has 4 rings (SSSR count). The average Bonchev–Trinajstić information content (AvgIpc) is 3.27. The number of piperidine rings is 1. The molecule has 2 aliphatic rings. The Labute approximate surface area is 199 Å². The summed E-state index contributed by atoms with van der Waals surface area (Å²) in [7, 11) is -8.29. The van der Waals surface area contributed by atoms with Crippen molar-refractivity contribution in [2.75, 3.05) is 34.2 Å². The van der Waals surface area contributed by atoms with Gasteiger partial charge in [0.15, 0.2) is 0 Å². The van der Waals surface area contributed by atoms with E-state index in [1.54, 1.807) is 17.3 Å². The van der Waals surface area contributed by atoms with Crippen LogP contribution in [0, 0.1) is 5.92 Å². The molecule has 0 N–H and O–H groups in total. The summed E-state index contributed by atoms with van der Waals surface area (Å²) < 4.78 is 48.4. The summed E-state index contributed by atoms with van der Waals surface area (Å²) >= 11 is 0. The number of carbonyl (C=O) groups excluding carboxylic acids is 1. The highest BCUT2D eigenvalue weighted by Crippen LogP contribution is 2.32. The Bertz CT molecular complexity index is 1260. The number of hydrazone groups is 1. The number of rotatable bonds is 6. The number of sulfonamides is 2. The molecule has 0 radical (unpaired) electrons. The summed E-state index contributed by atoms with van der Waals surface area (Å²) in [5, 5.41) is 5.91. The fourth-order valence-corrected chi connectivity index (χ4v) is 7.00. The van der Waals surface area contributed by atoms with Crippen molar-refractivity contribution in [2.24, 2.45) is 11.0 Å². The van der Waals surface area contributed by atoms with Gasteiger partial charge in [-0.3, -0.25) is 4.79 Å². The maximum absolute atomic E-state index is 13.2. The van der Waals surface area contributed by atoms with Crippen molar-refractivity contribution in [3.05, 3.63) is 48.2 Å². The predicted octanol–water partition coefficient (Wildman–Crippen LogP) is 1.38. The van der Waals surface area contributed by atoms with Gasteiger partial charge in [-0.1, -0.05) is 30.3 Å². The Balaban J connectivity index is 1.46. The van der Waals surface area contributed by atoms with Crippen LogP contribution >= 0.6 is 0 Å². The first-order chi connectivity index (χ1) is 16.1. The van der Waals surface area contributed by atoms with E-state index in [2.05, 4.69) is 15.1 Å². The van der Waals surface area contributed by atoms with E-state index < -0.39 is 26.0 Å². The Morgan fingerprint density at radius 2 is 1.65 bits per heavy atom. The lowest BCUT2D eigenvalue weighted by Crippen LogP contribution is -2.42. The monoisotopic (exact) mass is 506 g/mol. The van der Waals surface area contributed by atoms with Crippen LogP contribution in [0.3, 0.4) is 0 Å². The van der Waals surface area contributed by atoms with Crippen LogP contribution in [-0.2, 0) is 24.8 Å². The average molecular weight is 507 g/mol.